The molecule has 0 radical (unpaired) electrons. The van der Waals surface area contributed by atoms with Crippen LogP contribution >= 0.6 is 0 Å². The molecule has 5 heteroatoms. The van der Waals surface area contributed by atoms with E-state index in [-0.39, 0.29) is 18.6 Å². The zero-order valence-corrected chi connectivity index (χ0v) is 9.91. The van der Waals surface area contributed by atoms with Crippen LogP contribution in [-0.4, -0.2) is 18.6 Å². The van der Waals surface area contributed by atoms with Gasteiger partial charge in [-0.05, 0) is 23.6 Å². The topological polar surface area (TPSA) is 75.1 Å². The van der Waals surface area contributed by atoms with Crippen molar-refractivity contribution in [3.05, 3.63) is 46.3 Å². The molecule has 1 atom stereocenters. The molecule has 1 unspecified atom stereocenters. The van der Waals surface area contributed by atoms with Crippen molar-refractivity contribution in [1.29, 1.82) is 0 Å². The van der Waals surface area contributed by atoms with Crippen molar-refractivity contribution in [2.24, 2.45) is 11.0 Å². The first-order chi connectivity index (χ1) is 8.15. The van der Waals surface area contributed by atoms with Crippen molar-refractivity contribution in [2.75, 3.05) is 6.61 Å². The summed E-state index contributed by atoms with van der Waals surface area (Å²) >= 11 is 0. The second kappa shape index (κ2) is 6.55. The third-order valence-electron chi connectivity index (χ3n) is 2.36. The lowest BCUT2D eigenvalue weighted by Gasteiger charge is -2.14. The third kappa shape index (κ3) is 4.17. The van der Waals surface area contributed by atoms with Crippen LogP contribution in [0.25, 0.3) is 10.4 Å². The molecule has 0 fully saturated rings. The second-order valence-electron chi connectivity index (χ2n) is 3.98. The molecule has 0 aliphatic carbocycles. The number of carbonyl (C=O) groups is 1. The highest BCUT2D eigenvalue weighted by molar-refractivity contribution is 5.89. The Morgan fingerprint density at radius 1 is 1.41 bits per heavy atom. The minimum absolute atomic E-state index is 0.107. The van der Waals surface area contributed by atoms with Crippen LogP contribution in [0.3, 0.4) is 0 Å². The Kier molecular flexibility index (Phi) is 5.04. The zero-order chi connectivity index (χ0) is 12.7. The normalized spacial score (nSPS) is 11.7. The van der Waals surface area contributed by atoms with E-state index in [0.29, 0.717) is 5.56 Å². The molecule has 5 nitrogen and oxygen atoms in total. The van der Waals surface area contributed by atoms with Crippen molar-refractivity contribution < 1.29 is 9.53 Å². The van der Waals surface area contributed by atoms with Gasteiger partial charge in [-0.1, -0.05) is 37.2 Å². The number of esters is 1. The van der Waals surface area contributed by atoms with Crippen LogP contribution in [0.5, 0.6) is 0 Å². The highest BCUT2D eigenvalue weighted by Crippen LogP contribution is 2.09. The third-order valence-corrected chi connectivity index (χ3v) is 2.36. The maximum absolute atomic E-state index is 11.6. The van der Waals surface area contributed by atoms with Crippen LogP contribution in [0.1, 0.15) is 24.2 Å². The molecule has 1 aromatic rings. The molecule has 0 saturated carbocycles. The number of nitrogens with zero attached hydrogens (tertiary/aromatic N) is 3. The number of benzene rings is 1. The summed E-state index contributed by atoms with van der Waals surface area (Å²) in [4.78, 5) is 14.4. The van der Waals surface area contributed by atoms with Crippen LogP contribution < -0.4 is 0 Å². The van der Waals surface area contributed by atoms with Gasteiger partial charge in [-0.25, -0.2) is 4.79 Å². The molecule has 1 rings (SSSR count). The standard InChI is InChI=1S/C12H15N3O2/c1-9(2)11(14-15-13)8-17-12(16)10-6-4-3-5-7-10/h3-7,9,11H,8H2,1-2H3. The van der Waals surface area contributed by atoms with Gasteiger partial charge in [0.15, 0.2) is 0 Å². The zero-order valence-electron chi connectivity index (χ0n) is 9.91. The van der Waals surface area contributed by atoms with E-state index in [1.54, 1.807) is 24.3 Å². The summed E-state index contributed by atoms with van der Waals surface area (Å²) in [7, 11) is 0. The molecule has 0 bridgehead atoms. The molecule has 0 amide bonds. The largest absolute Gasteiger partial charge is 0.462 e. The van der Waals surface area contributed by atoms with E-state index in [0.717, 1.165) is 0 Å². The summed E-state index contributed by atoms with van der Waals surface area (Å²) in [5.41, 5.74) is 8.88. The van der Waals surface area contributed by atoms with Gasteiger partial charge >= 0.3 is 5.97 Å². The molecule has 0 aliphatic rings. The molecular formula is C12H15N3O2. The SMILES string of the molecule is CC(C)C(COC(=O)c1ccccc1)N=[N+]=[N-]. The van der Waals surface area contributed by atoms with E-state index in [2.05, 4.69) is 10.0 Å². The van der Waals surface area contributed by atoms with Crippen LogP contribution in [0.2, 0.25) is 0 Å². The van der Waals surface area contributed by atoms with Gasteiger partial charge in [0.1, 0.15) is 6.61 Å². The maximum atomic E-state index is 11.6. The first-order valence-corrected chi connectivity index (χ1v) is 5.41. The van der Waals surface area contributed by atoms with Gasteiger partial charge in [0, 0.05) is 4.91 Å². The Bertz CT molecular complexity index is 411. The summed E-state index contributed by atoms with van der Waals surface area (Å²) in [5.74, 6) is -0.265. The van der Waals surface area contributed by atoms with Gasteiger partial charge in [0.05, 0.1) is 11.6 Å². The molecule has 0 spiro atoms. The second-order valence-corrected chi connectivity index (χ2v) is 3.98. The highest BCUT2D eigenvalue weighted by Gasteiger charge is 2.14. The number of carbonyl (C=O) groups excluding carboxylic acids is 1. The molecule has 0 saturated heterocycles. The average Bonchev–Trinajstić information content (AvgIpc) is 2.34. The van der Waals surface area contributed by atoms with E-state index in [1.807, 2.05) is 19.9 Å². The molecule has 0 aromatic heterocycles. The number of hydrogen-bond acceptors (Lipinski definition) is 3. The maximum Gasteiger partial charge on any atom is 0.338 e. The minimum Gasteiger partial charge on any atom is -0.462 e. The average molecular weight is 233 g/mol. The van der Waals surface area contributed by atoms with E-state index in [9.17, 15) is 4.79 Å². The number of rotatable bonds is 5. The Labute approximate surface area is 100 Å². The fourth-order valence-electron chi connectivity index (χ4n) is 1.24. The summed E-state index contributed by atoms with van der Waals surface area (Å²) in [5, 5.41) is 3.59. The van der Waals surface area contributed by atoms with Crippen molar-refractivity contribution >= 4 is 5.97 Å². The summed E-state index contributed by atoms with van der Waals surface area (Å²) in [6.45, 7) is 3.93. The summed E-state index contributed by atoms with van der Waals surface area (Å²) in [6, 6.07) is 8.40. The van der Waals surface area contributed by atoms with Crippen LogP contribution in [0, 0.1) is 5.92 Å². The Balaban J connectivity index is 2.55. The van der Waals surface area contributed by atoms with Gasteiger partial charge in [0.2, 0.25) is 0 Å². The molecule has 1 aromatic carbocycles. The van der Waals surface area contributed by atoms with Crippen LogP contribution in [0.4, 0.5) is 0 Å². The lowest BCUT2D eigenvalue weighted by Crippen LogP contribution is -2.21. The molecule has 0 heterocycles. The number of hydrogen-bond donors (Lipinski definition) is 0. The Hall–Kier alpha value is -2.00. The Morgan fingerprint density at radius 2 is 2.06 bits per heavy atom. The molecule has 0 aliphatic heterocycles. The summed E-state index contributed by atoms with van der Waals surface area (Å²) < 4.78 is 5.10. The minimum atomic E-state index is -0.399. The van der Waals surface area contributed by atoms with E-state index in [1.165, 1.54) is 0 Å². The van der Waals surface area contributed by atoms with Crippen molar-refractivity contribution in [2.45, 2.75) is 19.9 Å². The molecular weight excluding hydrogens is 218 g/mol. The van der Waals surface area contributed by atoms with Gasteiger partial charge < -0.3 is 4.74 Å². The van der Waals surface area contributed by atoms with Crippen molar-refractivity contribution in [1.82, 2.24) is 0 Å². The first-order valence-electron chi connectivity index (χ1n) is 5.41. The molecule has 0 N–H and O–H groups in total. The lowest BCUT2D eigenvalue weighted by molar-refractivity contribution is 0.0463. The lowest BCUT2D eigenvalue weighted by atomic mass is 10.1. The van der Waals surface area contributed by atoms with Gasteiger partial charge in [-0.2, -0.15) is 0 Å². The van der Waals surface area contributed by atoms with Crippen molar-refractivity contribution in [3.8, 4) is 0 Å². The van der Waals surface area contributed by atoms with Crippen LogP contribution in [-0.2, 0) is 4.74 Å². The van der Waals surface area contributed by atoms with Crippen LogP contribution in [0.15, 0.2) is 35.4 Å². The number of ether oxygens (including phenoxy) is 1. The first kappa shape index (κ1) is 13.1. The quantitative estimate of drug-likeness (QED) is 0.339. The number of azide groups is 1. The highest BCUT2D eigenvalue weighted by atomic mass is 16.5. The predicted octanol–water partition coefficient (Wildman–Crippen LogP) is 3.18. The fourth-order valence-corrected chi connectivity index (χ4v) is 1.24. The smallest absolute Gasteiger partial charge is 0.338 e. The summed E-state index contributed by atoms with van der Waals surface area (Å²) in [6.07, 6.45) is 0. The molecule has 90 valence electrons. The fraction of sp³-hybridized carbons (Fsp3) is 0.417. The monoisotopic (exact) mass is 233 g/mol. The molecule has 17 heavy (non-hydrogen) atoms. The van der Waals surface area contributed by atoms with Crippen molar-refractivity contribution in [3.63, 3.8) is 0 Å². The predicted molar refractivity (Wildman–Crippen MR) is 64.5 cm³/mol. The van der Waals surface area contributed by atoms with Gasteiger partial charge in [0.25, 0.3) is 0 Å². The van der Waals surface area contributed by atoms with E-state index in [4.69, 9.17) is 10.3 Å². The Morgan fingerprint density at radius 3 is 2.59 bits per heavy atom. The van der Waals surface area contributed by atoms with Gasteiger partial charge in [-0.3, -0.25) is 0 Å². The van der Waals surface area contributed by atoms with Gasteiger partial charge in [-0.15, -0.1) is 0 Å². The van der Waals surface area contributed by atoms with E-state index < -0.39 is 5.97 Å². The van der Waals surface area contributed by atoms with E-state index >= 15 is 0 Å².